The molecule has 0 bridgehead atoms. The van der Waals surface area contributed by atoms with Gasteiger partial charge in [-0.15, -0.1) is 0 Å². The molecule has 2 aromatic rings. The molecular weight excluding hydrogens is 310 g/mol. The van der Waals surface area contributed by atoms with Crippen LogP contribution in [-0.2, 0) is 4.74 Å². The Morgan fingerprint density at radius 2 is 2.27 bits per heavy atom. The maximum Gasteiger partial charge on any atom is 0.171 e. The van der Waals surface area contributed by atoms with Crippen LogP contribution in [0.5, 0.6) is 0 Å². The Bertz CT molecular complexity index is 734. The highest BCUT2D eigenvalue weighted by atomic mass is 35.5. The first-order valence-electron chi connectivity index (χ1n) is 6.71. The fourth-order valence-corrected chi connectivity index (χ4v) is 2.98. The number of aromatic nitrogens is 3. The third-order valence-electron chi connectivity index (χ3n) is 4.06. The lowest BCUT2D eigenvalue weighted by Crippen LogP contribution is -2.47. The van der Waals surface area contributed by atoms with Gasteiger partial charge in [0.1, 0.15) is 29.3 Å². The van der Waals surface area contributed by atoms with Crippen molar-refractivity contribution in [2.24, 2.45) is 0 Å². The topological polar surface area (TPSA) is 101 Å². The molecule has 0 amide bonds. The molecule has 118 valence electrons. The molecule has 0 aromatic carbocycles. The Hall–Kier alpha value is -1.51. The van der Waals surface area contributed by atoms with E-state index >= 15 is 0 Å². The van der Waals surface area contributed by atoms with E-state index in [0.717, 1.165) is 0 Å². The highest BCUT2D eigenvalue weighted by molar-refractivity contribution is 6.33. The van der Waals surface area contributed by atoms with Crippen LogP contribution in [0.1, 0.15) is 13.2 Å². The van der Waals surface area contributed by atoms with Crippen molar-refractivity contribution in [1.82, 2.24) is 14.5 Å². The molecule has 1 aliphatic rings. The number of aliphatic hydroxyl groups excluding tert-OH is 2. The number of hydrogen-bond donors (Lipinski definition) is 3. The van der Waals surface area contributed by atoms with E-state index in [1.54, 1.807) is 23.8 Å². The summed E-state index contributed by atoms with van der Waals surface area (Å²) in [6, 6.07) is 1.69. The SMILES string of the molecule is C=C(C)[C@@]1(O)[C@H](O)[C@@H](CO)O[C@H]1n1ccc2c(Cl)ncnc21. The summed E-state index contributed by atoms with van der Waals surface area (Å²) in [5.41, 5.74) is -0.977. The zero-order valence-corrected chi connectivity index (χ0v) is 12.6. The van der Waals surface area contributed by atoms with Gasteiger partial charge in [0.15, 0.2) is 11.8 Å². The van der Waals surface area contributed by atoms with E-state index < -0.39 is 30.6 Å². The second-order valence-corrected chi connectivity index (χ2v) is 5.74. The van der Waals surface area contributed by atoms with Gasteiger partial charge in [0, 0.05) is 6.20 Å². The molecule has 3 heterocycles. The highest BCUT2D eigenvalue weighted by Crippen LogP contribution is 2.43. The molecule has 0 saturated carbocycles. The van der Waals surface area contributed by atoms with Crippen molar-refractivity contribution in [3.8, 4) is 0 Å². The molecule has 1 fully saturated rings. The molecule has 0 unspecified atom stereocenters. The number of aliphatic hydroxyl groups is 3. The summed E-state index contributed by atoms with van der Waals surface area (Å²) >= 11 is 6.02. The van der Waals surface area contributed by atoms with Crippen LogP contribution < -0.4 is 0 Å². The second kappa shape index (κ2) is 5.29. The number of rotatable bonds is 3. The molecule has 3 N–H and O–H groups in total. The fourth-order valence-electron chi connectivity index (χ4n) is 2.79. The van der Waals surface area contributed by atoms with Crippen molar-refractivity contribution >= 4 is 22.6 Å². The minimum absolute atomic E-state index is 0.278. The summed E-state index contributed by atoms with van der Waals surface area (Å²) in [6.45, 7) is 4.90. The van der Waals surface area contributed by atoms with Crippen molar-refractivity contribution in [2.75, 3.05) is 6.61 Å². The van der Waals surface area contributed by atoms with E-state index in [4.69, 9.17) is 16.3 Å². The molecular formula is C14H16ClN3O4. The van der Waals surface area contributed by atoms with Gasteiger partial charge in [-0.05, 0) is 18.6 Å². The number of nitrogens with zero attached hydrogens (tertiary/aromatic N) is 3. The van der Waals surface area contributed by atoms with Gasteiger partial charge in [0.2, 0.25) is 0 Å². The van der Waals surface area contributed by atoms with E-state index in [2.05, 4.69) is 16.5 Å². The first-order chi connectivity index (χ1) is 10.4. The van der Waals surface area contributed by atoms with Crippen molar-refractivity contribution in [3.63, 3.8) is 0 Å². The van der Waals surface area contributed by atoms with Crippen LogP contribution in [0, 0.1) is 0 Å². The first-order valence-corrected chi connectivity index (χ1v) is 7.08. The number of hydrogen-bond acceptors (Lipinski definition) is 6. The van der Waals surface area contributed by atoms with Gasteiger partial charge in [0.25, 0.3) is 0 Å². The summed E-state index contributed by atoms with van der Waals surface area (Å²) in [5, 5.41) is 31.4. The van der Waals surface area contributed by atoms with Gasteiger partial charge in [-0.25, -0.2) is 9.97 Å². The summed E-state index contributed by atoms with van der Waals surface area (Å²) < 4.78 is 7.19. The fraction of sp³-hybridized carbons (Fsp3) is 0.429. The molecule has 0 aliphatic carbocycles. The van der Waals surface area contributed by atoms with Crippen LogP contribution in [0.25, 0.3) is 11.0 Å². The lowest BCUT2D eigenvalue weighted by Gasteiger charge is -2.32. The molecule has 1 saturated heterocycles. The number of ether oxygens (including phenoxy) is 1. The quantitative estimate of drug-likeness (QED) is 0.565. The molecule has 2 aromatic heterocycles. The highest BCUT2D eigenvalue weighted by Gasteiger charge is 2.56. The van der Waals surface area contributed by atoms with Crippen molar-refractivity contribution < 1.29 is 20.1 Å². The van der Waals surface area contributed by atoms with Gasteiger partial charge in [-0.1, -0.05) is 18.2 Å². The predicted molar refractivity (Wildman–Crippen MR) is 79.3 cm³/mol. The van der Waals surface area contributed by atoms with Crippen LogP contribution in [0.3, 0.4) is 0 Å². The number of fused-ring (bicyclic) bond motifs is 1. The summed E-state index contributed by atoms with van der Waals surface area (Å²) in [7, 11) is 0. The van der Waals surface area contributed by atoms with E-state index in [9.17, 15) is 15.3 Å². The van der Waals surface area contributed by atoms with Crippen molar-refractivity contribution in [2.45, 2.75) is 31.0 Å². The average Bonchev–Trinajstić information content (AvgIpc) is 3.01. The third-order valence-corrected chi connectivity index (χ3v) is 4.36. The first kappa shape index (κ1) is 15.4. The zero-order valence-electron chi connectivity index (χ0n) is 11.8. The molecule has 0 radical (unpaired) electrons. The molecule has 1 aliphatic heterocycles. The second-order valence-electron chi connectivity index (χ2n) is 5.38. The predicted octanol–water partition coefficient (Wildman–Crippen LogP) is 0.642. The molecule has 3 rings (SSSR count). The Labute approximate surface area is 131 Å². The van der Waals surface area contributed by atoms with Crippen molar-refractivity contribution in [3.05, 3.63) is 35.9 Å². The van der Waals surface area contributed by atoms with Gasteiger partial charge in [-0.3, -0.25) is 0 Å². The minimum Gasteiger partial charge on any atom is -0.394 e. The maximum atomic E-state index is 10.9. The summed E-state index contributed by atoms with van der Waals surface area (Å²) in [4.78, 5) is 8.05. The van der Waals surface area contributed by atoms with E-state index in [-0.39, 0.29) is 5.15 Å². The van der Waals surface area contributed by atoms with Crippen LogP contribution in [0.2, 0.25) is 5.15 Å². The summed E-state index contributed by atoms with van der Waals surface area (Å²) in [5.74, 6) is 0. The van der Waals surface area contributed by atoms with E-state index in [1.807, 2.05) is 0 Å². The maximum absolute atomic E-state index is 10.9. The lowest BCUT2D eigenvalue weighted by molar-refractivity contribution is -0.0831. The zero-order chi connectivity index (χ0) is 16.1. The Morgan fingerprint density at radius 3 is 2.91 bits per heavy atom. The Kier molecular flexibility index (Phi) is 3.70. The minimum atomic E-state index is -1.75. The molecule has 7 nitrogen and oxygen atoms in total. The Morgan fingerprint density at radius 1 is 1.55 bits per heavy atom. The van der Waals surface area contributed by atoms with Crippen LogP contribution in [0.4, 0.5) is 0 Å². The normalized spacial score (nSPS) is 31.8. The molecule has 0 spiro atoms. The monoisotopic (exact) mass is 325 g/mol. The largest absolute Gasteiger partial charge is 0.394 e. The van der Waals surface area contributed by atoms with Crippen molar-refractivity contribution in [1.29, 1.82) is 0 Å². The van der Waals surface area contributed by atoms with Gasteiger partial charge in [-0.2, -0.15) is 0 Å². The molecule has 22 heavy (non-hydrogen) atoms. The van der Waals surface area contributed by atoms with Crippen LogP contribution in [0.15, 0.2) is 30.7 Å². The van der Waals surface area contributed by atoms with E-state index in [0.29, 0.717) is 16.6 Å². The molecule has 8 heteroatoms. The average molecular weight is 326 g/mol. The van der Waals surface area contributed by atoms with Gasteiger partial charge < -0.3 is 24.6 Å². The number of halogens is 1. The summed E-state index contributed by atoms with van der Waals surface area (Å²) in [6.07, 6.45) is -0.288. The lowest BCUT2D eigenvalue weighted by atomic mass is 9.87. The van der Waals surface area contributed by atoms with Gasteiger partial charge >= 0.3 is 0 Å². The van der Waals surface area contributed by atoms with Gasteiger partial charge in [0.05, 0.1) is 12.0 Å². The van der Waals surface area contributed by atoms with Crippen LogP contribution in [-0.4, -0.2) is 54.3 Å². The van der Waals surface area contributed by atoms with Crippen LogP contribution >= 0.6 is 11.6 Å². The molecule has 4 atom stereocenters. The Balaban J connectivity index is 2.16. The van der Waals surface area contributed by atoms with E-state index in [1.165, 1.54) is 6.33 Å². The third kappa shape index (κ3) is 1.98. The smallest absolute Gasteiger partial charge is 0.171 e. The standard InChI is InChI=1S/C14H16ClN3O4/c1-7(2)14(21)10(20)9(5-19)22-13(14)18-4-3-8-11(15)16-6-17-12(8)18/h3-4,6,9-10,13,19-21H,1,5H2,2H3/t9-,10-,13-,14-/m1/s1.